The smallest absolute Gasteiger partial charge is 0.432 e. The van der Waals surface area contributed by atoms with Gasteiger partial charge in [0.15, 0.2) is 6.04 Å². The van der Waals surface area contributed by atoms with Crippen molar-refractivity contribution in [3.63, 3.8) is 0 Å². The summed E-state index contributed by atoms with van der Waals surface area (Å²) in [7, 11) is 3.90. The number of imidazole rings is 2. The summed E-state index contributed by atoms with van der Waals surface area (Å²) in [6.07, 6.45) is 5.49. The van der Waals surface area contributed by atoms with Crippen molar-refractivity contribution in [2.75, 3.05) is 27.2 Å². The van der Waals surface area contributed by atoms with Crippen LogP contribution < -0.4 is 0 Å². The van der Waals surface area contributed by atoms with Crippen molar-refractivity contribution in [2.24, 2.45) is 0 Å². The molecule has 0 aliphatic carbocycles. The van der Waals surface area contributed by atoms with Gasteiger partial charge in [0, 0.05) is 16.9 Å². The third-order valence-electron chi connectivity index (χ3n) is 11.7. The van der Waals surface area contributed by atoms with Gasteiger partial charge in [-0.3, -0.25) is 9.69 Å². The van der Waals surface area contributed by atoms with Crippen molar-refractivity contribution in [3.05, 3.63) is 144 Å². The van der Waals surface area contributed by atoms with Crippen LogP contribution in [0.4, 0.5) is 4.79 Å². The molecule has 2 aliphatic rings. The van der Waals surface area contributed by atoms with Crippen molar-refractivity contribution in [3.8, 4) is 33.6 Å². The van der Waals surface area contributed by atoms with Crippen LogP contribution in [0.5, 0.6) is 0 Å². The van der Waals surface area contributed by atoms with Gasteiger partial charge in [0.05, 0.1) is 36.4 Å². The molecule has 4 heterocycles. The Labute approximate surface area is 332 Å². The topological polar surface area (TPSA) is 142 Å². The Kier molecular flexibility index (Phi) is 10.6. The van der Waals surface area contributed by atoms with Gasteiger partial charge in [0.2, 0.25) is 5.91 Å². The molecule has 4 N–H and O–H groups in total. The fourth-order valence-corrected chi connectivity index (χ4v) is 8.59. The number of nitrogens with zero attached hydrogens (tertiary/aromatic N) is 6. The molecule has 8 rings (SSSR count). The number of carbonyl (C=O) groups excluding carboxylic acids is 1. The van der Waals surface area contributed by atoms with E-state index < -0.39 is 22.9 Å². The maximum atomic E-state index is 13.9. The summed E-state index contributed by atoms with van der Waals surface area (Å²) < 4.78 is -1.24. The molecule has 292 valence electrons. The standard InChI is InChI=1S/C45H48N8O4/c1-30(31-12-6-4-7-13-31)53(57,45(55)56)52-27-11-17-40(52)43-47-29-38(49-43)35-24-20-33(21-25-35)32-18-22-34(23-19-32)37-28-46-42(48-37)39-16-10-26-51(39)44(54)41(50(2)3)36-14-8-5-9-15-36/h4-9,12-15,18-25,28-30,39-41,57H,10-11,16-17,26-27H2,1-3H3,(H2-,46,47,48,49,55,56)/p+1/t30?,39-,40-,41+,53?/m0/s1. The van der Waals surface area contributed by atoms with Crippen LogP contribution in [-0.2, 0) is 4.79 Å². The second-order valence-corrected chi connectivity index (χ2v) is 15.3. The molecule has 12 nitrogen and oxygen atoms in total. The van der Waals surface area contributed by atoms with E-state index in [4.69, 9.17) is 4.98 Å². The molecule has 2 amide bonds. The summed E-state index contributed by atoms with van der Waals surface area (Å²) in [4.78, 5) is 46.9. The Balaban J connectivity index is 0.944. The number of rotatable bonds is 11. The van der Waals surface area contributed by atoms with E-state index in [2.05, 4.69) is 51.4 Å². The molecule has 2 unspecified atom stereocenters. The first kappa shape index (κ1) is 38.0. The number of likely N-dealkylation sites (tertiary alicyclic amines) is 1. The lowest BCUT2D eigenvalue weighted by Crippen LogP contribution is -2.61. The van der Waals surface area contributed by atoms with Crippen LogP contribution in [0.15, 0.2) is 122 Å². The molecule has 2 saturated heterocycles. The van der Waals surface area contributed by atoms with Crippen molar-refractivity contribution >= 4 is 12.0 Å². The third kappa shape index (κ3) is 7.28. The predicted octanol–water partition coefficient (Wildman–Crippen LogP) is 8.80. The fraction of sp³-hybridized carbons (Fsp3) is 0.289. The molecule has 0 bridgehead atoms. The van der Waals surface area contributed by atoms with Gasteiger partial charge < -0.3 is 20.0 Å². The molecule has 6 aromatic rings. The first-order chi connectivity index (χ1) is 27.6. The molecule has 5 atom stereocenters. The summed E-state index contributed by atoms with van der Waals surface area (Å²) in [5, 5.41) is 23.7. The van der Waals surface area contributed by atoms with Gasteiger partial charge in [-0.1, -0.05) is 109 Å². The fourth-order valence-electron chi connectivity index (χ4n) is 8.59. The van der Waals surface area contributed by atoms with Crippen LogP contribution in [-0.4, -0.2) is 89.0 Å². The number of likely N-dealkylation sites (N-methyl/N-ethyl adjacent to an activating group) is 1. The van der Waals surface area contributed by atoms with Crippen molar-refractivity contribution in [1.29, 1.82) is 0 Å². The van der Waals surface area contributed by atoms with E-state index in [0.29, 0.717) is 25.3 Å². The van der Waals surface area contributed by atoms with Crippen LogP contribution >= 0.6 is 0 Å². The highest BCUT2D eigenvalue weighted by atomic mass is 16.7. The zero-order chi connectivity index (χ0) is 39.7. The number of H-pyrrole nitrogens is 2. The maximum Gasteiger partial charge on any atom is 0.568 e. The van der Waals surface area contributed by atoms with E-state index in [1.54, 1.807) is 18.1 Å². The van der Waals surface area contributed by atoms with Gasteiger partial charge >= 0.3 is 6.09 Å². The molecular formula is C45H49N8O4+. The number of carboxylic acid groups (broad SMARTS) is 1. The van der Waals surface area contributed by atoms with Gasteiger partial charge in [-0.25, -0.2) is 9.97 Å². The highest BCUT2D eigenvalue weighted by Crippen LogP contribution is 2.41. The van der Waals surface area contributed by atoms with E-state index >= 15 is 0 Å². The lowest BCUT2D eigenvalue weighted by atomic mass is 10.0. The minimum atomic E-state index is -1.33. The van der Waals surface area contributed by atoms with Crippen molar-refractivity contribution in [2.45, 2.75) is 56.8 Å². The van der Waals surface area contributed by atoms with Gasteiger partial charge in [-0.05, 0) is 74.5 Å². The summed E-state index contributed by atoms with van der Waals surface area (Å²) in [5.41, 5.74) is 7.53. The summed E-state index contributed by atoms with van der Waals surface area (Å²) >= 11 is 0. The molecule has 0 radical (unpaired) electrons. The van der Waals surface area contributed by atoms with Gasteiger partial charge in [-0.15, -0.1) is 5.01 Å². The van der Waals surface area contributed by atoms with Crippen molar-refractivity contribution < 1.29 is 24.7 Å². The quantitative estimate of drug-likeness (QED) is 0.0583. The first-order valence-electron chi connectivity index (χ1n) is 19.6. The maximum absolute atomic E-state index is 13.9. The number of hydroxylamine groups is 2. The molecule has 2 aliphatic heterocycles. The van der Waals surface area contributed by atoms with Gasteiger partial charge in [0.1, 0.15) is 23.7 Å². The predicted molar refractivity (Wildman–Crippen MR) is 217 cm³/mol. The highest BCUT2D eigenvalue weighted by molar-refractivity contribution is 5.84. The van der Waals surface area contributed by atoms with Crippen LogP contribution in [0.1, 0.15) is 79.6 Å². The number of aromatic nitrogens is 4. The minimum absolute atomic E-state index is 0.0902. The summed E-state index contributed by atoms with van der Waals surface area (Å²) in [6.45, 7) is 2.86. The average Bonchev–Trinajstić information content (AvgIpc) is 4.08. The minimum Gasteiger partial charge on any atom is -0.432 e. The van der Waals surface area contributed by atoms with Crippen molar-refractivity contribution in [1.82, 2.24) is 34.7 Å². The largest absolute Gasteiger partial charge is 0.568 e. The van der Waals surface area contributed by atoms with E-state index in [-0.39, 0.29) is 18.0 Å². The monoisotopic (exact) mass is 765 g/mol. The second-order valence-electron chi connectivity index (χ2n) is 15.3. The SMILES string of the molecule is CC(c1ccccc1)[N+](O)(C(=O)O)N1CCC[C@H]1c1ncc(-c2ccc(-c3ccc(-c4cnc([C@@H]5CCCN5C(=O)[C@@H](c5ccccc5)N(C)C)[nH]4)cc3)cc2)[nH]1. The number of quaternary nitrogens is 1. The number of aromatic amines is 2. The zero-order valence-electron chi connectivity index (χ0n) is 32.5. The molecule has 2 fully saturated rings. The number of carbonyl (C=O) groups is 2. The van der Waals surface area contributed by atoms with Gasteiger partial charge in [0.25, 0.3) is 0 Å². The Bertz CT molecular complexity index is 2310. The zero-order valence-corrected chi connectivity index (χ0v) is 32.5. The van der Waals surface area contributed by atoms with E-state index in [0.717, 1.165) is 69.9 Å². The highest BCUT2D eigenvalue weighted by Gasteiger charge is 2.54. The normalized spacial score (nSPS) is 19.4. The lowest BCUT2D eigenvalue weighted by Gasteiger charge is -2.38. The summed E-state index contributed by atoms with van der Waals surface area (Å²) in [5.74, 6) is 1.52. The van der Waals surface area contributed by atoms with E-state index in [9.17, 15) is 19.9 Å². The van der Waals surface area contributed by atoms with Crippen LogP contribution in [0.25, 0.3) is 33.6 Å². The Morgan fingerprint density at radius 3 is 1.70 bits per heavy atom. The van der Waals surface area contributed by atoms with Crippen LogP contribution in [0.3, 0.4) is 0 Å². The molecule has 57 heavy (non-hydrogen) atoms. The number of benzene rings is 4. The Hall–Kier alpha value is -5.92. The Morgan fingerprint density at radius 2 is 1.18 bits per heavy atom. The third-order valence-corrected chi connectivity index (χ3v) is 11.7. The molecule has 2 aromatic heterocycles. The molecule has 12 heteroatoms. The molecular weight excluding hydrogens is 717 g/mol. The first-order valence-corrected chi connectivity index (χ1v) is 19.6. The van der Waals surface area contributed by atoms with E-state index in [1.165, 1.54) is 0 Å². The average molecular weight is 766 g/mol. The molecule has 4 aromatic carbocycles. The second kappa shape index (κ2) is 15.9. The molecule has 0 saturated carbocycles. The van der Waals surface area contributed by atoms with Crippen LogP contribution in [0, 0.1) is 0 Å². The number of nitrogens with one attached hydrogen (secondary N) is 2. The lowest BCUT2D eigenvalue weighted by molar-refractivity contribution is -1.15. The number of hydrogen-bond donors (Lipinski definition) is 4. The summed E-state index contributed by atoms with van der Waals surface area (Å²) in [6, 6.07) is 34.2. The number of amides is 2. The van der Waals surface area contributed by atoms with Crippen LogP contribution in [0.2, 0.25) is 0 Å². The number of hydrogen-bond acceptors (Lipinski definition) is 7. The Morgan fingerprint density at radius 1 is 0.702 bits per heavy atom. The van der Waals surface area contributed by atoms with E-state index in [1.807, 2.05) is 103 Å². The molecule has 0 spiro atoms. The van der Waals surface area contributed by atoms with Gasteiger partial charge in [-0.2, -0.15) is 10.0 Å².